The summed E-state index contributed by atoms with van der Waals surface area (Å²) >= 11 is 0. The van der Waals surface area contributed by atoms with Gasteiger partial charge in [-0.25, -0.2) is 0 Å². The Balaban J connectivity index is 2.04. The van der Waals surface area contributed by atoms with E-state index in [1.807, 2.05) is 36.4 Å². The number of aromatic nitrogens is 1. The molecule has 1 heterocycles. The van der Waals surface area contributed by atoms with E-state index in [4.69, 9.17) is 10.5 Å². The molecule has 0 bridgehead atoms. The first kappa shape index (κ1) is 11.5. The normalized spacial score (nSPS) is 10.2. The van der Waals surface area contributed by atoms with Crippen LogP contribution in [0.1, 0.15) is 18.2 Å². The Kier molecular flexibility index (Phi) is 3.60. The number of aryl methyl sites for hydroxylation is 1. The van der Waals surface area contributed by atoms with E-state index in [0.29, 0.717) is 18.0 Å². The Morgan fingerprint density at radius 1 is 1.24 bits per heavy atom. The highest BCUT2D eigenvalue weighted by Gasteiger charge is 2.02. The summed E-state index contributed by atoms with van der Waals surface area (Å²) in [7, 11) is 0. The van der Waals surface area contributed by atoms with Gasteiger partial charge >= 0.3 is 0 Å². The average molecular weight is 228 g/mol. The highest BCUT2D eigenvalue weighted by Crippen LogP contribution is 2.23. The predicted octanol–water partition coefficient (Wildman–Crippen LogP) is 2.81. The zero-order valence-corrected chi connectivity index (χ0v) is 9.89. The van der Waals surface area contributed by atoms with Crippen LogP contribution in [0.4, 0.5) is 5.69 Å². The first-order valence-electron chi connectivity index (χ1n) is 5.70. The van der Waals surface area contributed by atoms with E-state index in [2.05, 4.69) is 11.9 Å². The topological polar surface area (TPSA) is 48.1 Å². The van der Waals surface area contributed by atoms with Crippen molar-refractivity contribution in [1.82, 2.24) is 4.98 Å². The van der Waals surface area contributed by atoms with Crippen LogP contribution in [-0.4, -0.2) is 4.98 Å². The number of hydrogen-bond acceptors (Lipinski definition) is 3. The van der Waals surface area contributed by atoms with E-state index in [1.54, 1.807) is 6.20 Å². The third kappa shape index (κ3) is 2.97. The summed E-state index contributed by atoms with van der Waals surface area (Å²) in [5, 5.41) is 0. The van der Waals surface area contributed by atoms with Crippen LogP contribution in [0.5, 0.6) is 5.75 Å². The molecule has 2 aromatic rings. The van der Waals surface area contributed by atoms with Crippen molar-refractivity contribution >= 4 is 5.69 Å². The number of hydrogen-bond donors (Lipinski definition) is 1. The fourth-order valence-electron chi connectivity index (χ4n) is 1.58. The first-order chi connectivity index (χ1) is 8.29. The molecule has 88 valence electrons. The number of pyridine rings is 1. The maximum absolute atomic E-state index is 5.92. The zero-order valence-electron chi connectivity index (χ0n) is 9.89. The van der Waals surface area contributed by atoms with Crippen LogP contribution in [0.25, 0.3) is 0 Å². The number of rotatable bonds is 4. The Morgan fingerprint density at radius 3 is 2.76 bits per heavy atom. The molecule has 0 atom stereocenters. The molecule has 3 heteroatoms. The SMILES string of the molecule is CCc1ccc(OCc2ccccn2)c(N)c1. The maximum Gasteiger partial charge on any atom is 0.142 e. The molecule has 17 heavy (non-hydrogen) atoms. The monoisotopic (exact) mass is 228 g/mol. The van der Waals surface area contributed by atoms with Crippen molar-refractivity contribution in [3.8, 4) is 5.75 Å². The third-order valence-electron chi connectivity index (χ3n) is 2.58. The van der Waals surface area contributed by atoms with Gasteiger partial charge in [0.25, 0.3) is 0 Å². The van der Waals surface area contributed by atoms with Crippen molar-refractivity contribution < 1.29 is 4.74 Å². The molecule has 0 fully saturated rings. The Labute approximate surface area is 101 Å². The largest absolute Gasteiger partial charge is 0.485 e. The second kappa shape index (κ2) is 5.34. The molecule has 0 saturated carbocycles. The molecule has 2 rings (SSSR count). The highest BCUT2D eigenvalue weighted by atomic mass is 16.5. The lowest BCUT2D eigenvalue weighted by atomic mass is 10.1. The van der Waals surface area contributed by atoms with E-state index in [0.717, 1.165) is 12.1 Å². The van der Waals surface area contributed by atoms with Gasteiger partial charge in [0.2, 0.25) is 0 Å². The average Bonchev–Trinajstić information content (AvgIpc) is 2.38. The van der Waals surface area contributed by atoms with Crippen LogP contribution in [0.3, 0.4) is 0 Å². The second-order valence-corrected chi connectivity index (χ2v) is 3.84. The van der Waals surface area contributed by atoms with E-state index >= 15 is 0 Å². The van der Waals surface area contributed by atoms with Gasteiger partial charge in [0.05, 0.1) is 11.4 Å². The smallest absolute Gasteiger partial charge is 0.142 e. The minimum absolute atomic E-state index is 0.441. The van der Waals surface area contributed by atoms with Gasteiger partial charge < -0.3 is 10.5 Å². The molecule has 0 unspecified atom stereocenters. The van der Waals surface area contributed by atoms with Crippen molar-refractivity contribution in [2.24, 2.45) is 0 Å². The summed E-state index contributed by atoms with van der Waals surface area (Å²) in [5.74, 6) is 0.716. The van der Waals surface area contributed by atoms with Crippen molar-refractivity contribution in [1.29, 1.82) is 0 Å². The van der Waals surface area contributed by atoms with Crippen molar-refractivity contribution in [3.05, 3.63) is 53.9 Å². The van der Waals surface area contributed by atoms with Crippen LogP contribution >= 0.6 is 0 Å². The van der Waals surface area contributed by atoms with Gasteiger partial charge in [-0.15, -0.1) is 0 Å². The number of benzene rings is 1. The number of nitrogen functional groups attached to an aromatic ring is 1. The summed E-state index contributed by atoms with van der Waals surface area (Å²) in [5.41, 5.74) is 8.71. The molecular weight excluding hydrogens is 212 g/mol. The van der Waals surface area contributed by atoms with Crippen molar-refractivity contribution in [2.75, 3.05) is 5.73 Å². The number of ether oxygens (including phenoxy) is 1. The third-order valence-corrected chi connectivity index (χ3v) is 2.58. The van der Waals surface area contributed by atoms with Crippen molar-refractivity contribution in [2.45, 2.75) is 20.0 Å². The number of nitrogens with zero attached hydrogens (tertiary/aromatic N) is 1. The number of anilines is 1. The highest BCUT2D eigenvalue weighted by molar-refractivity contribution is 5.54. The minimum Gasteiger partial charge on any atom is -0.485 e. The molecule has 2 N–H and O–H groups in total. The fraction of sp³-hybridized carbons (Fsp3) is 0.214. The predicted molar refractivity (Wildman–Crippen MR) is 68.8 cm³/mol. The van der Waals surface area contributed by atoms with Crippen LogP contribution in [-0.2, 0) is 13.0 Å². The van der Waals surface area contributed by atoms with Gasteiger partial charge in [0, 0.05) is 6.20 Å². The summed E-state index contributed by atoms with van der Waals surface area (Å²) in [6, 6.07) is 11.6. The molecule has 0 amide bonds. The summed E-state index contributed by atoms with van der Waals surface area (Å²) in [6.45, 7) is 2.54. The lowest BCUT2D eigenvalue weighted by Crippen LogP contribution is -2.00. The fourth-order valence-corrected chi connectivity index (χ4v) is 1.58. The van der Waals surface area contributed by atoms with Gasteiger partial charge in [-0.3, -0.25) is 4.98 Å². The van der Waals surface area contributed by atoms with Gasteiger partial charge in [0.1, 0.15) is 12.4 Å². The van der Waals surface area contributed by atoms with E-state index in [9.17, 15) is 0 Å². The van der Waals surface area contributed by atoms with Crippen LogP contribution in [0.15, 0.2) is 42.6 Å². The molecule has 0 radical (unpaired) electrons. The molecule has 0 aliphatic rings. The van der Waals surface area contributed by atoms with Crippen LogP contribution < -0.4 is 10.5 Å². The lowest BCUT2D eigenvalue weighted by Gasteiger charge is -2.09. The summed E-state index contributed by atoms with van der Waals surface area (Å²) < 4.78 is 5.63. The molecule has 0 aliphatic heterocycles. The Hall–Kier alpha value is -2.03. The van der Waals surface area contributed by atoms with Gasteiger partial charge in [-0.2, -0.15) is 0 Å². The van der Waals surface area contributed by atoms with Gasteiger partial charge in [-0.1, -0.05) is 19.1 Å². The molecule has 1 aromatic carbocycles. The Bertz CT molecular complexity index is 483. The van der Waals surface area contributed by atoms with Crippen LogP contribution in [0.2, 0.25) is 0 Å². The standard InChI is InChI=1S/C14H16N2O/c1-2-11-6-7-14(13(15)9-11)17-10-12-5-3-4-8-16-12/h3-9H,2,10,15H2,1H3. The lowest BCUT2D eigenvalue weighted by molar-refractivity contribution is 0.303. The van der Waals surface area contributed by atoms with Crippen LogP contribution in [0, 0.1) is 0 Å². The van der Waals surface area contributed by atoms with E-state index in [-0.39, 0.29) is 0 Å². The minimum atomic E-state index is 0.441. The van der Waals surface area contributed by atoms with Gasteiger partial charge in [-0.05, 0) is 36.2 Å². The second-order valence-electron chi connectivity index (χ2n) is 3.84. The number of nitrogens with two attached hydrogens (primary N) is 1. The van der Waals surface area contributed by atoms with Gasteiger partial charge in [0.15, 0.2) is 0 Å². The zero-order chi connectivity index (χ0) is 12.1. The molecular formula is C14H16N2O. The molecule has 0 spiro atoms. The Morgan fingerprint density at radius 2 is 2.12 bits per heavy atom. The quantitative estimate of drug-likeness (QED) is 0.818. The van der Waals surface area contributed by atoms with E-state index < -0.39 is 0 Å². The molecule has 3 nitrogen and oxygen atoms in total. The summed E-state index contributed by atoms with van der Waals surface area (Å²) in [4.78, 5) is 4.19. The molecule has 1 aromatic heterocycles. The maximum atomic E-state index is 5.92. The van der Waals surface area contributed by atoms with Crippen molar-refractivity contribution in [3.63, 3.8) is 0 Å². The molecule has 0 aliphatic carbocycles. The van der Waals surface area contributed by atoms with E-state index in [1.165, 1.54) is 5.56 Å². The molecule has 0 saturated heterocycles. The first-order valence-corrected chi connectivity index (χ1v) is 5.70. The summed E-state index contributed by atoms with van der Waals surface area (Å²) in [6.07, 6.45) is 2.73.